The van der Waals surface area contributed by atoms with Crippen molar-refractivity contribution in [2.45, 2.75) is 20.3 Å². The fourth-order valence-electron chi connectivity index (χ4n) is 3.55. The first-order chi connectivity index (χ1) is 12.5. The van der Waals surface area contributed by atoms with Gasteiger partial charge in [0.15, 0.2) is 5.65 Å². The van der Waals surface area contributed by atoms with Gasteiger partial charge in [0.1, 0.15) is 10.8 Å². The highest BCUT2D eigenvalue weighted by atomic mass is 32.1. The maximum absolute atomic E-state index is 5.62. The monoisotopic (exact) mass is 365 g/mol. The molecule has 0 unspecified atom stereocenters. The van der Waals surface area contributed by atoms with Gasteiger partial charge in [-0.3, -0.25) is 0 Å². The van der Waals surface area contributed by atoms with Crippen molar-refractivity contribution in [1.29, 1.82) is 0 Å². The van der Waals surface area contributed by atoms with Crippen LogP contribution in [-0.2, 0) is 0 Å². The molecule has 4 rings (SSSR count). The van der Waals surface area contributed by atoms with E-state index in [1.807, 2.05) is 0 Å². The van der Waals surface area contributed by atoms with Crippen LogP contribution in [0.3, 0.4) is 0 Å². The van der Waals surface area contributed by atoms with Gasteiger partial charge in [-0.15, -0.1) is 11.3 Å². The number of nitrogens with zero attached hydrogens (tertiary/aromatic N) is 3. The first-order valence-corrected chi connectivity index (χ1v) is 9.68. The van der Waals surface area contributed by atoms with Crippen molar-refractivity contribution in [1.82, 2.24) is 14.9 Å². The van der Waals surface area contributed by atoms with Crippen LogP contribution in [0, 0.1) is 13.8 Å². The van der Waals surface area contributed by atoms with Crippen molar-refractivity contribution in [2.24, 2.45) is 0 Å². The summed E-state index contributed by atoms with van der Waals surface area (Å²) in [5.41, 5.74) is 6.58. The molecule has 2 aromatic heterocycles. The highest BCUT2D eigenvalue weighted by Crippen LogP contribution is 2.38. The molecule has 0 fully saturated rings. The van der Waals surface area contributed by atoms with Crippen molar-refractivity contribution in [3.63, 3.8) is 0 Å². The molecule has 0 bridgehead atoms. The number of thiazole rings is 1. The molecule has 0 saturated heterocycles. The van der Waals surface area contributed by atoms with Crippen LogP contribution >= 0.6 is 11.3 Å². The molecule has 134 valence electrons. The predicted molar refractivity (Wildman–Crippen MR) is 109 cm³/mol. The highest BCUT2D eigenvalue weighted by molar-refractivity contribution is 7.21. The number of aromatic nitrogens is 2. The number of fused-ring (bicyclic) bond motifs is 1. The SMILES string of the molecule is COc1cc(C)cc(C)c1-c1nc2nc(C3=CCCN(C)C3)ccc2s1. The molecule has 1 aliphatic rings. The number of rotatable bonds is 3. The molecule has 0 spiro atoms. The molecule has 3 aromatic rings. The number of methoxy groups -OCH3 is 1. The molecule has 1 aliphatic heterocycles. The molecule has 1 aromatic carbocycles. The van der Waals surface area contributed by atoms with Gasteiger partial charge in [-0.1, -0.05) is 12.1 Å². The third-order valence-electron chi connectivity index (χ3n) is 4.80. The van der Waals surface area contributed by atoms with Gasteiger partial charge in [0, 0.05) is 13.1 Å². The standard InChI is InChI=1S/C21H23N3OS/c1-13-10-14(2)19(17(11-13)25-4)21-23-20-18(26-21)8-7-16(22-20)15-6-5-9-24(3)12-15/h6-8,10-11H,5,9,12H2,1-4H3. The number of benzene rings is 1. The minimum Gasteiger partial charge on any atom is -0.496 e. The summed E-state index contributed by atoms with van der Waals surface area (Å²) in [6.07, 6.45) is 3.38. The summed E-state index contributed by atoms with van der Waals surface area (Å²) in [5, 5.41) is 0.966. The van der Waals surface area contributed by atoms with E-state index >= 15 is 0 Å². The summed E-state index contributed by atoms with van der Waals surface area (Å²) in [5.74, 6) is 0.874. The van der Waals surface area contributed by atoms with Crippen molar-refractivity contribution in [3.05, 3.63) is 47.2 Å². The molecular formula is C21H23N3OS. The lowest BCUT2D eigenvalue weighted by Gasteiger charge is -2.22. The van der Waals surface area contributed by atoms with Crippen LogP contribution in [0.4, 0.5) is 0 Å². The van der Waals surface area contributed by atoms with Gasteiger partial charge in [-0.2, -0.15) is 0 Å². The van der Waals surface area contributed by atoms with Crippen molar-refractivity contribution in [2.75, 3.05) is 27.2 Å². The van der Waals surface area contributed by atoms with E-state index in [1.165, 1.54) is 16.7 Å². The summed E-state index contributed by atoms with van der Waals surface area (Å²) in [4.78, 5) is 12.0. The van der Waals surface area contributed by atoms with Crippen LogP contribution in [0.5, 0.6) is 5.75 Å². The zero-order valence-corrected chi connectivity index (χ0v) is 16.5. The normalized spacial score (nSPS) is 15.3. The molecule has 0 saturated carbocycles. The van der Waals surface area contributed by atoms with Gasteiger partial charge in [0.05, 0.1) is 23.1 Å². The van der Waals surface area contributed by atoms with E-state index in [0.29, 0.717) is 0 Å². The van der Waals surface area contributed by atoms with Gasteiger partial charge < -0.3 is 9.64 Å². The Morgan fingerprint density at radius 2 is 2.00 bits per heavy atom. The van der Waals surface area contributed by atoms with Gasteiger partial charge in [-0.25, -0.2) is 9.97 Å². The Labute approximate surface area is 158 Å². The maximum Gasteiger partial charge on any atom is 0.171 e. The van der Waals surface area contributed by atoms with Crippen LogP contribution in [-0.4, -0.2) is 42.1 Å². The van der Waals surface area contributed by atoms with Crippen molar-refractivity contribution >= 4 is 27.3 Å². The predicted octanol–water partition coefficient (Wildman–Crippen LogP) is 4.70. The number of ether oxygens (including phenoxy) is 1. The van der Waals surface area contributed by atoms with Crippen LogP contribution in [0.25, 0.3) is 26.5 Å². The number of hydrogen-bond donors (Lipinski definition) is 0. The van der Waals surface area contributed by atoms with Crippen LogP contribution in [0.2, 0.25) is 0 Å². The van der Waals surface area contributed by atoms with E-state index in [4.69, 9.17) is 14.7 Å². The number of likely N-dealkylation sites (N-methyl/N-ethyl adjacent to an activating group) is 1. The Morgan fingerprint density at radius 1 is 1.15 bits per heavy atom. The molecule has 0 N–H and O–H groups in total. The average molecular weight is 366 g/mol. The van der Waals surface area contributed by atoms with Crippen LogP contribution in [0.1, 0.15) is 23.2 Å². The quantitative estimate of drug-likeness (QED) is 0.674. The van der Waals surface area contributed by atoms with E-state index < -0.39 is 0 Å². The number of aryl methyl sites for hydroxylation is 2. The van der Waals surface area contributed by atoms with E-state index in [0.717, 1.165) is 51.9 Å². The topological polar surface area (TPSA) is 38.3 Å². The van der Waals surface area contributed by atoms with Gasteiger partial charge in [0.25, 0.3) is 0 Å². The van der Waals surface area contributed by atoms with E-state index in [2.05, 4.69) is 56.1 Å². The molecule has 0 atom stereocenters. The highest BCUT2D eigenvalue weighted by Gasteiger charge is 2.17. The second-order valence-electron chi connectivity index (χ2n) is 6.95. The largest absolute Gasteiger partial charge is 0.496 e. The average Bonchev–Trinajstić information content (AvgIpc) is 3.03. The summed E-state index contributed by atoms with van der Waals surface area (Å²) in [6, 6.07) is 8.50. The van der Waals surface area contributed by atoms with E-state index in [9.17, 15) is 0 Å². The van der Waals surface area contributed by atoms with E-state index in [-0.39, 0.29) is 0 Å². The Hall–Kier alpha value is -2.24. The Morgan fingerprint density at radius 3 is 2.77 bits per heavy atom. The lowest BCUT2D eigenvalue weighted by atomic mass is 10.0. The van der Waals surface area contributed by atoms with Crippen molar-refractivity contribution < 1.29 is 4.74 Å². The van der Waals surface area contributed by atoms with Gasteiger partial charge in [0.2, 0.25) is 0 Å². The van der Waals surface area contributed by atoms with Crippen molar-refractivity contribution in [3.8, 4) is 16.3 Å². The second kappa shape index (κ2) is 6.82. The smallest absolute Gasteiger partial charge is 0.171 e. The zero-order chi connectivity index (χ0) is 18.3. The molecule has 0 radical (unpaired) electrons. The minimum absolute atomic E-state index is 0.818. The number of pyridine rings is 1. The summed E-state index contributed by atoms with van der Waals surface area (Å²) < 4.78 is 6.73. The first-order valence-electron chi connectivity index (χ1n) is 8.86. The molecule has 0 amide bonds. The number of hydrogen-bond acceptors (Lipinski definition) is 5. The molecule has 4 nitrogen and oxygen atoms in total. The van der Waals surface area contributed by atoms with E-state index in [1.54, 1.807) is 18.4 Å². The minimum atomic E-state index is 0.818. The molecule has 26 heavy (non-hydrogen) atoms. The lowest BCUT2D eigenvalue weighted by Crippen LogP contribution is -2.25. The lowest BCUT2D eigenvalue weighted by molar-refractivity contribution is 0.372. The van der Waals surface area contributed by atoms with Crippen LogP contribution in [0.15, 0.2) is 30.3 Å². The third kappa shape index (κ3) is 3.13. The molecule has 3 heterocycles. The Kier molecular flexibility index (Phi) is 4.51. The fourth-order valence-corrected chi connectivity index (χ4v) is 4.57. The summed E-state index contributed by atoms with van der Waals surface area (Å²) in [6.45, 7) is 6.25. The first kappa shape index (κ1) is 17.2. The maximum atomic E-state index is 5.62. The summed E-state index contributed by atoms with van der Waals surface area (Å²) in [7, 11) is 3.87. The summed E-state index contributed by atoms with van der Waals surface area (Å²) >= 11 is 1.67. The Balaban J connectivity index is 1.79. The third-order valence-corrected chi connectivity index (χ3v) is 5.83. The van der Waals surface area contributed by atoms with Gasteiger partial charge >= 0.3 is 0 Å². The zero-order valence-electron chi connectivity index (χ0n) is 15.7. The molecule has 5 heteroatoms. The Bertz CT molecular complexity index is 1010. The fraction of sp³-hybridized carbons (Fsp3) is 0.333. The van der Waals surface area contributed by atoms with Gasteiger partial charge in [-0.05, 0) is 62.2 Å². The molecule has 0 aliphatic carbocycles. The van der Waals surface area contributed by atoms with Crippen LogP contribution < -0.4 is 4.74 Å². The molecular weight excluding hydrogens is 342 g/mol. The second-order valence-corrected chi connectivity index (χ2v) is 7.98.